The van der Waals surface area contributed by atoms with Crippen LogP contribution in [0.4, 0.5) is 10.2 Å². The van der Waals surface area contributed by atoms with E-state index in [-0.39, 0.29) is 11.9 Å². The number of nitrogens with two attached hydrogens (primary N) is 1. The fraction of sp³-hybridized carbons (Fsp3) is 0.148. The van der Waals surface area contributed by atoms with Crippen LogP contribution in [0.2, 0.25) is 0 Å². The van der Waals surface area contributed by atoms with Crippen LogP contribution in [0.5, 0.6) is 5.75 Å². The second-order valence-corrected chi connectivity index (χ2v) is 9.28. The Labute approximate surface area is 215 Å². The first-order chi connectivity index (χ1) is 18.6. The average molecular weight is 508 g/mol. The van der Waals surface area contributed by atoms with Crippen molar-refractivity contribution in [1.82, 2.24) is 35.1 Å². The minimum absolute atomic E-state index is 0.163. The van der Waals surface area contributed by atoms with Crippen LogP contribution >= 0.6 is 0 Å². The zero-order valence-corrected chi connectivity index (χ0v) is 20.3. The van der Waals surface area contributed by atoms with E-state index in [0.717, 1.165) is 40.9 Å². The Balaban J connectivity index is 1.30. The van der Waals surface area contributed by atoms with E-state index in [2.05, 4.69) is 30.0 Å². The number of ether oxygens (including phenoxy) is 1. The van der Waals surface area contributed by atoms with Crippen molar-refractivity contribution in [3.8, 4) is 39.8 Å². The number of aromatic nitrogens is 7. The third kappa shape index (κ3) is 3.71. The summed E-state index contributed by atoms with van der Waals surface area (Å²) in [6.45, 7) is 1.51. The lowest BCUT2D eigenvalue weighted by molar-refractivity contribution is 0.411. The number of pyridine rings is 1. The molecular formula is C27H22FN9O. The molecule has 10 nitrogen and oxygen atoms in total. The van der Waals surface area contributed by atoms with Crippen LogP contribution in [-0.4, -0.2) is 61.4 Å². The molecule has 2 aromatic carbocycles. The Morgan fingerprint density at radius 3 is 2.76 bits per heavy atom. The van der Waals surface area contributed by atoms with Crippen LogP contribution in [0.1, 0.15) is 0 Å². The standard InChI is InChI=1S/C27H22FN9O/c1-38-17-6-14(5-15(28)7-17)18-3-2-4-20-25(18)34-27(33-20)26-19-8-21(31-10-22(19)35-36-26)23-9-30-11-24(32-23)37-12-16(29)13-37/h2-11,16H,12-13,29H2,1H3,(H,33,34)(H,35,36). The van der Waals surface area contributed by atoms with Crippen molar-refractivity contribution in [1.29, 1.82) is 0 Å². The highest BCUT2D eigenvalue weighted by atomic mass is 19.1. The summed E-state index contributed by atoms with van der Waals surface area (Å²) in [4.78, 5) is 24.0. The molecule has 0 atom stereocenters. The highest BCUT2D eigenvalue weighted by molar-refractivity contribution is 5.97. The minimum Gasteiger partial charge on any atom is -0.497 e. The van der Waals surface area contributed by atoms with Gasteiger partial charge in [0.25, 0.3) is 0 Å². The maximum atomic E-state index is 14.2. The molecule has 0 bridgehead atoms. The predicted molar refractivity (Wildman–Crippen MR) is 142 cm³/mol. The maximum absolute atomic E-state index is 14.2. The Morgan fingerprint density at radius 2 is 1.92 bits per heavy atom. The molecule has 7 rings (SSSR count). The first kappa shape index (κ1) is 22.3. The van der Waals surface area contributed by atoms with E-state index in [0.29, 0.717) is 39.7 Å². The van der Waals surface area contributed by atoms with E-state index in [1.165, 1.54) is 19.2 Å². The van der Waals surface area contributed by atoms with E-state index in [9.17, 15) is 4.39 Å². The van der Waals surface area contributed by atoms with Gasteiger partial charge in [-0.1, -0.05) is 12.1 Å². The number of benzene rings is 2. The van der Waals surface area contributed by atoms with Gasteiger partial charge in [0.15, 0.2) is 5.82 Å². The van der Waals surface area contributed by atoms with Crippen LogP contribution in [0.25, 0.3) is 56.0 Å². The van der Waals surface area contributed by atoms with Crippen LogP contribution in [0.3, 0.4) is 0 Å². The molecule has 1 fully saturated rings. The van der Waals surface area contributed by atoms with Gasteiger partial charge in [-0.3, -0.25) is 15.1 Å². The van der Waals surface area contributed by atoms with Gasteiger partial charge in [-0.25, -0.2) is 14.4 Å². The number of methoxy groups -OCH3 is 1. The van der Waals surface area contributed by atoms with Gasteiger partial charge in [0.2, 0.25) is 0 Å². The van der Waals surface area contributed by atoms with Gasteiger partial charge >= 0.3 is 0 Å². The van der Waals surface area contributed by atoms with Gasteiger partial charge in [0, 0.05) is 36.1 Å². The molecule has 0 unspecified atom stereocenters. The summed E-state index contributed by atoms with van der Waals surface area (Å²) in [6.07, 6.45) is 5.15. The number of para-hydroxylation sites is 1. The highest BCUT2D eigenvalue weighted by Crippen LogP contribution is 2.34. The van der Waals surface area contributed by atoms with Crippen molar-refractivity contribution in [2.45, 2.75) is 6.04 Å². The molecule has 11 heteroatoms. The van der Waals surface area contributed by atoms with E-state index in [4.69, 9.17) is 20.4 Å². The number of anilines is 1. The number of aromatic amines is 2. The number of nitrogens with one attached hydrogen (secondary N) is 2. The fourth-order valence-electron chi connectivity index (χ4n) is 4.78. The van der Waals surface area contributed by atoms with E-state index >= 15 is 0 Å². The van der Waals surface area contributed by atoms with Gasteiger partial charge < -0.3 is 20.4 Å². The molecule has 0 radical (unpaired) electrons. The monoisotopic (exact) mass is 507 g/mol. The Hall–Kier alpha value is -4.90. The van der Waals surface area contributed by atoms with Crippen molar-refractivity contribution in [2.75, 3.05) is 25.1 Å². The molecule has 0 spiro atoms. The molecule has 0 amide bonds. The predicted octanol–water partition coefficient (Wildman–Crippen LogP) is 3.92. The molecule has 1 aliphatic rings. The van der Waals surface area contributed by atoms with Crippen molar-refractivity contribution in [2.24, 2.45) is 5.73 Å². The normalized spacial score (nSPS) is 13.8. The van der Waals surface area contributed by atoms with Gasteiger partial charge in [-0.2, -0.15) is 5.10 Å². The summed E-state index contributed by atoms with van der Waals surface area (Å²) in [5.41, 5.74) is 11.6. The number of rotatable bonds is 5. The Bertz CT molecular complexity index is 1820. The lowest BCUT2D eigenvalue weighted by atomic mass is 10.0. The van der Waals surface area contributed by atoms with Crippen LogP contribution < -0.4 is 15.4 Å². The van der Waals surface area contributed by atoms with Gasteiger partial charge in [-0.15, -0.1) is 0 Å². The summed E-state index contributed by atoms with van der Waals surface area (Å²) in [5.74, 6) is 1.41. The zero-order valence-electron chi connectivity index (χ0n) is 20.3. The third-order valence-corrected chi connectivity index (χ3v) is 6.72. The number of H-pyrrole nitrogens is 2. The van der Waals surface area contributed by atoms with Crippen LogP contribution in [0.15, 0.2) is 61.1 Å². The molecule has 5 heterocycles. The van der Waals surface area contributed by atoms with E-state index in [1.807, 2.05) is 24.3 Å². The van der Waals surface area contributed by atoms with E-state index in [1.54, 1.807) is 24.7 Å². The average Bonchev–Trinajstić information content (AvgIpc) is 3.54. The minimum atomic E-state index is -0.380. The molecule has 4 aromatic heterocycles. The van der Waals surface area contributed by atoms with Crippen molar-refractivity contribution < 1.29 is 9.13 Å². The molecule has 1 saturated heterocycles. The quantitative estimate of drug-likeness (QED) is 0.320. The molecule has 1 aliphatic heterocycles. The fourth-order valence-corrected chi connectivity index (χ4v) is 4.78. The summed E-state index contributed by atoms with van der Waals surface area (Å²) in [7, 11) is 1.51. The Morgan fingerprint density at radius 1 is 1.03 bits per heavy atom. The first-order valence-corrected chi connectivity index (χ1v) is 12.1. The Kier molecular flexibility index (Phi) is 5.05. The molecule has 4 N–H and O–H groups in total. The van der Waals surface area contributed by atoms with Crippen molar-refractivity contribution >= 4 is 27.8 Å². The number of fused-ring (bicyclic) bond motifs is 2. The zero-order chi connectivity index (χ0) is 25.8. The summed E-state index contributed by atoms with van der Waals surface area (Å²) in [6, 6.07) is 12.4. The number of hydrogen-bond acceptors (Lipinski definition) is 8. The SMILES string of the molecule is COc1cc(F)cc(-c2cccc3[nH]c(-c4n[nH]c5cnc(-c6cncc(N7CC(N)C7)n6)cc45)nc23)c1. The second kappa shape index (κ2) is 8.60. The molecule has 188 valence electrons. The third-order valence-electron chi connectivity index (χ3n) is 6.72. The van der Waals surface area contributed by atoms with E-state index < -0.39 is 0 Å². The van der Waals surface area contributed by atoms with Gasteiger partial charge in [0.05, 0.1) is 47.9 Å². The van der Waals surface area contributed by atoms with Crippen LogP contribution in [0, 0.1) is 5.82 Å². The first-order valence-electron chi connectivity index (χ1n) is 12.1. The van der Waals surface area contributed by atoms with Crippen molar-refractivity contribution in [3.63, 3.8) is 0 Å². The maximum Gasteiger partial charge on any atom is 0.159 e. The largest absolute Gasteiger partial charge is 0.497 e. The lowest BCUT2D eigenvalue weighted by Crippen LogP contribution is -2.56. The number of hydrogen-bond donors (Lipinski definition) is 3. The van der Waals surface area contributed by atoms with Crippen molar-refractivity contribution in [3.05, 3.63) is 66.9 Å². The molecule has 0 aliphatic carbocycles. The number of nitrogens with zero attached hydrogens (tertiary/aromatic N) is 6. The topological polar surface area (TPSA) is 135 Å². The summed E-state index contributed by atoms with van der Waals surface area (Å²) >= 11 is 0. The van der Waals surface area contributed by atoms with Crippen LogP contribution in [-0.2, 0) is 0 Å². The molecule has 6 aromatic rings. The second-order valence-electron chi connectivity index (χ2n) is 9.28. The lowest BCUT2D eigenvalue weighted by Gasteiger charge is -2.37. The number of halogens is 1. The molecule has 0 saturated carbocycles. The van der Waals surface area contributed by atoms with Gasteiger partial charge in [0.1, 0.15) is 28.8 Å². The highest BCUT2D eigenvalue weighted by Gasteiger charge is 2.25. The molecular weight excluding hydrogens is 485 g/mol. The van der Waals surface area contributed by atoms with Gasteiger partial charge in [-0.05, 0) is 29.8 Å². The number of imidazole rings is 1. The smallest absolute Gasteiger partial charge is 0.159 e. The summed E-state index contributed by atoms with van der Waals surface area (Å²) in [5, 5.41) is 8.39. The molecule has 38 heavy (non-hydrogen) atoms. The summed E-state index contributed by atoms with van der Waals surface area (Å²) < 4.78 is 19.5.